The number of thioether (sulfide) groups is 1. The molecule has 1 fully saturated rings. The Morgan fingerprint density at radius 3 is 1.91 bits per heavy atom. The zero-order valence-corrected chi connectivity index (χ0v) is 22.7. The molecule has 5 atom stereocenters. The molecule has 4 nitrogen and oxygen atoms in total. The summed E-state index contributed by atoms with van der Waals surface area (Å²) in [6, 6.07) is 21.2. The molecule has 0 radical (unpaired) electrons. The molecule has 33 heavy (non-hydrogen) atoms. The van der Waals surface area contributed by atoms with E-state index in [1.165, 1.54) is 17.3 Å². The van der Waals surface area contributed by atoms with Gasteiger partial charge in [-0.3, -0.25) is 4.79 Å². The Balaban J connectivity index is 2.03. The number of ether oxygens (including phenoxy) is 2. The van der Waals surface area contributed by atoms with Crippen molar-refractivity contribution in [3.05, 3.63) is 60.7 Å². The normalized spacial score (nSPS) is 26.1. The van der Waals surface area contributed by atoms with Crippen LogP contribution in [0.25, 0.3) is 0 Å². The van der Waals surface area contributed by atoms with Gasteiger partial charge in [-0.2, -0.15) is 0 Å². The molecule has 1 aliphatic rings. The molecule has 2 aromatic carbocycles. The quantitative estimate of drug-likeness (QED) is 0.413. The number of benzene rings is 2. The molecule has 0 amide bonds. The van der Waals surface area contributed by atoms with Gasteiger partial charge < -0.3 is 13.9 Å². The van der Waals surface area contributed by atoms with E-state index >= 15 is 0 Å². The summed E-state index contributed by atoms with van der Waals surface area (Å²) in [6.07, 6.45) is 1.42. The summed E-state index contributed by atoms with van der Waals surface area (Å²) < 4.78 is 19.4. The fourth-order valence-electron chi connectivity index (χ4n) is 5.01. The molecule has 0 aromatic heterocycles. The van der Waals surface area contributed by atoms with E-state index in [2.05, 4.69) is 89.4 Å². The van der Waals surface area contributed by atoms with Gasteiger partial charge in [-0.15, -0.1) is 11.8 Å². The first kappa shape index (κ1) is 26.0. The molecule has 0 aliphatic carbocycles. The SMILES string of the molecule is CSC1OC(CO[Si](c2ccccc2)(c2ccccc2)C(C)(C)C)[C@H](OC(C)=O)[C@H](C)[C@H]1C. The number of rotatable bonds is 7. The third kappa shape index (κ3) is 5.40. The van der Waals surface area contributed by atoms with Crippen LogP contribution in [0.3, 0.4) is 0 Å². The average molecular weight is 487 g/mol. The summed E-state index contributed by atoms with van der Waals surface area (Å²) in [4.78, 5) is 11.9. The standard InChI is InChI=1S/C27H38O4SSi/c1-19-20(2)26(32-7)31-24(25(19)30-21(3)28)18-29-33(27(4,5)6,22-14-10-8-11-15-22)23-16-12-9-13-17-23/h8-17,19-20,24-26H,18H2,1-7H3/t19-,20-,24?,25-,26?/m1/s1. The molecule has 2 unspecified atom stereocenters. The van der Waals surface area contributed by atoms with Gasteiger partial charge in [-0.1, -0.05) is 95.3 Å². The van der Waals surface area contributed by atoms with Crippen molar-refractivity contribution >= 4 is 36.4 Å². The van der Waals surface area contributed by atoms with Crippen molar-refractivity contribution < 1.29 is 18.7 Å². The molecule has 0 saturated carbocycles. The molecular formula is C27H38O4SSi. The van der Waals surface area contributed by atoms with E-state index in [1.807, 2.05) is 12.1 Å². The predicted octanol–water partition coefficient (Wildman–Crippen LogP) is 4.85. The second kappa shape index (κ2) is 10.8. The van der Waals surface area contributed by atoms with Crippen LogP contribution in [-0.4, -0.2) is 44.8 Å². The second-order valence-electron chi connectivity index (χ2n) is 10.0. The summed E-state index contributed by atoms with van der Waals surface area (Å²) >= 11 is 1.71. The molecule has 1 saturated heterocycles. The van der Waals surface area contributed by atoms with Crippen molar-refractivity contribution in [3.8, 4) is 0 Å². The number of esters is 1. The lowest BCUT2D eigenvalue weighted by molar-refractivity contribution is -0.185. The third-order valence-corrected chi connectivity index (χ3v) is 12.9. The summed E-state index contributed by atoms with van der Waals surface area (Å²) in [5.41, 5.74) is 0.0413. The molecule has 6 heteroatoms. The summed E-state index contributed by atoms with van der Waals surface area (Å²) in [6.45, 7) is 13.0. The molecule has 0 N–H and O–H groups in total. The molecule has 1 aliphatic heterocycles. The Bertz CT molecular complexity index is 860. The van der Waals surface area contributed by atoms with Gasteiger partial charge in [0.05, 0.1) is 6.61 Å². The van der Waals surface area contributed by atoms with Gasteiger partial charge in [0.1, 0.15) is 17.6 Å². The van der Waals surface area contributed by atoms with Gasteiger partial charge in [-0.25, -0.2) is 0 Å². The largest absolute Gasteiger partial charge is 0.459 e. The molecule has 2 aromatic rings. The number of carbonyl (C=O) groups excluding carboxylic acids is 1. The van der Waals surface area contributed by atoms with Gasteiger partial charge in [0, 0.05) is 12.8 Å². The topological polar surface area (TPSA) is 44.8 Å². The van der Waals surface area contributed by atoms with Crippen molar-refractivity contribution in [2.45, 2.75) is 64.2 Å². The fourth-order valence-corrected chi connectivity index (χ4v) is 10.5. The van der Waals surface area contributed by atoms with E-state index in [-0.39, 0.29) is 40.5 Å². The predicted molar refractivity (Wildman–Crippen MR) is 140 cm³/mol. The van der Waals surface area contributed by atoms with Gasteiger partial charge in [0.2, 0.25) is 0 Å². The van der Waals surface area contributed by atoms with E-state index < -0.39 is 8.32 Å². The van der Waals surface area contributed by atoms with Crippen molar-refractivity contribution in [2.75, 3.05) is 12.9 Å². The fraction of sp³-hybridized carbons (Fsp3) is 0.519. The van der Waals surface area contributed by atoms with Gasteiger partial charge in [0.25, 0.3) is 8.32 Å². The highest BCUT2D eigenvalue weighted by molar-refractivity contribution is 7.99. The van der Waals surface area contributed by atoms with E-state index in [1.54, 1.807) is 11.8 Å². The highest BCUT2D eigenvalue weighted by atomic mass is 32.2. The molecular weight excluding hydrogens is 448 g/mol. The maximum atomic E-state index is 11.9. The second-order valence-corrected chi connectivity index (χ2v) is 15.3. The summed E-state index contributed by atoms with van der Waals surface area (Å²) in [7, 11) is -2.70. The van der Waals surface area contributed by atoms with Crippen LogP contribution in [0.1, 0.15) is 41.5 Å². The van der Waals surface area contributed by atoms with Crippen LogP contribution >= 0.6 is 11.8 Å². The van der Waals surface area contributed by atoms with Crippen LogP contribution in [-0.2, 0) is 18.7 Å². The van der Waals surface area contributed by atoms with E-state index in [4.69, 9.17) is 13.9 Å². The van der Waals surface area contributed by atoms with Gasteiger partial charge in [-0.05, 0) is 27.6 Å². The lowest BCUT2D eigenvalue weighted by atomic mass is 9.85. The Hall–Kier alpha value is -1.60. The first-order valence-corrected chi connectivity index (χ1v) is 14.9. The highest BCUT2D eigenvalue weighted by Gasteiger charge is 2.52. The smallest absolute Gasteiger partial charge is 0.303 e. The zero-order chi connectivity index (χ0) is 24.2. The first-order valence-electron chi connectivity index (χ1n) is 11.7. The molecule has 180 valence electrons. The number of hydrogen-bond acceptors (Lipinski definition) is 5. The minimum absolute atomic E-state index is 0.0413. The van der Waals surface area contributed by atoms with Crippen LogP contribution in [0, 0.1) is 11.8 Å². The van der Waals surface area contributed by atoms with Crippen LogP contribution in [0.15, 0.2) is 60.7 Å². The zero-order valence-electron chi connectivity index (χ0n) is 20.9. The maximum Gasteiger partial charge on any atom is 0.303 e. The highest BCUT2D eigenvalue weighted by Crippen LogP contribution is 2.40. The minimum Gasteiger partial charge on any atom is -0.459 e. The van der Waals surface area contributed by atoms with Crippen molar-refractivity contribution in [1.29, 1.82) is 0 Å². The van der Waals surface area contributed by atoms with E-state index in [0.717, 1.165) is 0 Å². The number of carbonyl (C=O) groups is 1. The Kier molecular flexibility index (Phi) is 8.48. The maximum absolute atomic E-state index is 11.9. The average Bonchev–Trinajstić information content (AvgIpc) is 2.79. The summed E-state index contributed by atoms with van der Waals surface area (Å²) in [5, 5.41) is 2.33. The molecule has 3 rings (SSSR count). The van der Waals surface area contributed by atoms with Crippen LogP contribution < -0.4 is 10.4 Å². The number of hydrogen-bond donors (Lipinski definition) is 0. The minimum atomic E-state index is -2.70. The molecule has 0 bridgehead atoms. The summed E-state index contributed by atoms with van der Waals surface area (Å²) in [5.74, 6) is 0.169. The van der Waals surface area contributed by atoms with Crippen LogP contribution in [0.4, 0.5) is 0 Å². The molecule has 1 heterocycles. The van der Waals surface area contributed by atoms with Gasteiger partial charge >= 0.3 is 5.97 Å². The molecule has 0 spiro atoms. The lowest BCUT2D eigenvalue weighted by Gasteiger charge is -2.47. The van der Waals surface area contributed by atoms with Crippen molar-refractivity contribution in [3.63, 3.8) is 0 Å². The monoisotopic (exact) mass is 486 g/mol. The van der Waals surface area contributed by atoms with Crippen LogP contribution in [0.5, 0.6) is 0 Å². The third-order valence-electron chi connectivity index (χ3n) is 6.87. The lowest BCUT2D eigenvalue weighted by Crippen LogP contribution is -2.67. The van der Waals surface area contributed by atoms with Crippen molar-refractivity contribution in [1.82, 2.24) is 0 Å². The van der Waals surface area contributed by atoms with Crippen LogP contribution in [0.2, 0.25) is 5.04 Å². The van der Waals surface area contributed by atoms with E-state index in [9.17, 15) is 4.79 Å². The Morgan fingerprint density at radius 1 is 0.970 bits per heavy atom. The van der Waals surface area contributed by atoms with Crippen molar-refractivity contribution in [2.24, 2.45) is 11.8 Å². The Morgan fingerprint density at radius 2 is 1.48 bits per heavy atom. The first-order chi connectivity index (χ1) is 15.6. The van der Waals surface area contributed by atoms with Gasteiger partial charge in [0.15, 0.2) is 0 Å². The van der Waals surface area contributed by atoms with E-state index in [0.29, 0.717) is 6.61 Å². The Labute approximate surface area is 204 Å².